The standard InChI is InChI=1S/C18H23N5O3.HI/c1-3-19-17(20-8-9-23-16(24)11-22-18(23)25)21-10-15-12(2)13-6-4-5-7-14(13)26-15;/h4-7H,3,8-11H2,1-2H3,(H,22,25)(H2,19,20,21);1H. The Morgan fingerprint density at radius 2 is 2.07 bits per heavy atom. The number of carbonyl (C=O) groups is 2. The molecule has 9 heteroatoms. The van der Waals surface area contributed by atoms with E-state index in [1.165, 1.54) is 4.90 Å². The van der Waals surface area contributed by atoms with Crippen molar-refractivity contribution < 1.29 is 14.0 Å². The number of hydrogen-bond acceptors (Lipinski definition) is 4. The second-order valence-electron chi connectivity index (χ2n) is 5.97. The molecule has 0 saturated carbocycles. The van der Waals surface area contributed by atoms with E-state index in [0.29, 0.717) is 32.1 Å². The van der Waals surface area contributed by atoms with E-state index < -0.39 is 0 Å². The lowest BCUT2D eigenvalue weighted by Crippen LogP contribution is -2.43. The van der Waals surface area contributed by atoms with E-state index in [0.717, 1.165) is 22.3 Å². The molecule has 1 aliphatic heterocycles. The highest BCUT2D eigenvalue weighted by atomic mass is 127. The number of imide groups is 1. The van der Waals surface area contributed by atoms with Gasteiger partial charge in [0.25, 0.3) is 0 Å². The molecule has 8 nitrogen and oxygen atoms in total. The molecule has 1 aromatic heterocycles. The van der Waals surface area contributed by atoms with Crippen molar-refractivity contribution in [3.8, 4) is 0 Å². The van der Waals surface area contributed by atoms with Crippen molar-refractivity contribution in [3.05, 3.63) is 35.6 Å². The number of halogens is 1. The van der Waals surface area contributed by atoms with Crippen LogP contribution in [0.15, 0.2) is 33.7 Å². The first-order valence-electron chi connectivity index (χ1n) is 8.67. The quantitative estimate of drug-likeness (QED) is 0.252. The van der Waals surface area contributed by atoms with E-state index in [9.17, 15) is 9.59 Å². The summed E-state index contributed by atoms with van der Waals surface area (Å²) in [7, 11) is 0. The van der Waals surface area contributed by atoms with Crippen LogP contribution < -0.4 is 16.0 Å². The third-order valence-corrected chi connectivity index (χ3v) is 4.23. The fourth-order valence-electron chi connectivity index (χ4n) is 2.84. The Hall–Kier alpha value is -2.30. The van der Waals surface area contributed by atoms with Gasteiger partial charge in [0.2, 0.25) is 5.91 Å². The zero-order valence-corrected chi connectivity index (χ0v) is 17.7. The van der Waals surface area contributed by atoms with Gasteiger partial charge in [0, 0.05) is 30.6 Å². The van der Waals surface area contributed by atoms with Crippen LogP contribution in [0.3, 0.4) is 0 Å². The van der Waals surface area contributed by atoms with Gasteiger partial charge in [0.1, 0.15) is 17.9 Å². The number of hydrogen-bond donors (Lipinski definition) is 3. The highest BCUT2D eigenvalue weighted by molar-refractivity contribution is 14.0. The van der Waals surface area contributed by atoms with Gasteiger partial charge in [-0.05, 0) is 19.9 Å². The van der Waals surface area contributed by atoms with E-state index in [4.69, 9.17) is 4.42 Å². The molecular formula is C18H24IN5O3. The zero-order valence-electron chi connectivity index (χ0n) is 15.4. The average Bonchev–Trinajstić information content (AvgIpc) is 3.13. The maximum atomic E-state index is 11.6. The van der Waals surface area contributed by atoms with Gasteiger partial charge in [0.05, 0.1) is 6.54 Å². The molecule has 1 saturated heterocycles. The number of benzene rings is 1. The predicted molar refractivity (Wildman–Crippen MR) is 114 cm³/mol. The van der Waals surface area contributed by atoms with Crippen LogP contribution in [-0.4, -0.2) is 49.0 Å². The third kappa shape index (κ3) is 4.90. The summed E-state index contributed by atoms with van der Waals surface area (Å²) in [5, 5.41) is 9.87. The molecule has 1 fully saturated rings. The summed E-state index contributed by atoms with van der Waals surface area (Å²) < 4.78 is 5.87. The molecule has 0 aliphatic carbocycles. The van der Waals surface area contributed by atoms with E-state index >= 15 is 0 Å². The lowest BCUT2D eigenvalue weighted by Gasteiger charge is -2.15. The molecule has 1 aromatic carbocycles. The smallest absolute Gasteiger partial charge is 0.324 e. The summed E-state index contributed by atoms with van der Waals surface area (Å²) in [6, 6.07) is 7.55. The molecule has 146 valence electrons. The molecular weight excluding hydrogens is 461 g/mol. The summed E-state index contributed by atoms with van der Waals surface area (Å²) in [4.78, 5) is 28.8. The summed E-state index contributed by atoms with van der Waals surface area (Å²) >= 11 is 0. The normalized spacial score (nSPS) is 14.3. The number of urea groups is 1. The highest BCUT2D eigenvalue weighted by Crippen LogP contribution is 2.25. The van der Waals surface area contributed by atoms with E-state index in [1.807, 2.05) is 38.1 Å². The van der Waals surface area contributed by atoms with Gasteiger partial charge in [0.15, 0.2) is 5.96 Å². The van der Waals surface area contributed by atoms with Crippen LogP contribution in [0.1, 0.15) is 18.2 Å². The van der Waals surface area contributed by atoms with E-state index in [1.54, 1.807) is 0 Å². The minimum atomic E-state index is -0.350. The van der Waals surface area contributed by atoms with Crippen molar-refractivity contribution in [2.75, 3.05) is 26.2 Å². The van der Waals surface area contributed by atoms with Gasteiger partial charge >= 0.3 is 6.03 Å². The number of aliphatic imine (C=N–C) groups is 1. The van der Waals surface area contributed by atoms with Gasteiger partial charge < -0.3 is 20.4 Å². The number of furan rings is 1. The van der Waals surface area contributed by atoms with Crippen LogP contribution in [0.5, 0.6) is 0 Å². The van der Waals surface area contributed by atoms with Gasteiger partial charge in [-0.25, -0.2) is 9.79 Å². The number of aryl methyl sites for hydroxylation is 1. The summed E-state index contributed by atoms with van der Waals surface area (Å²) in [6.07, 6.45) is 0. The van der Waals surface area contributed by atoms with Gasteiger partial charge in [-0.15, -0.1) is 24.0 Å². The summed E-state index contributed by atoms with van der Waals surface area (Å²) in [5.41, 5.74) is 1.94. The first-order valence-corrected chi connectivity index (χ1v) is 8.67. The molecule has 3 N–H and O–H groups in total. The van der Waals surface area contributed by atoms with Crippen LogP contribution in [0, 0.1) is 6.92 Å². The average molecular weight is 485 g/mol. The SMILES string of the molecule is CCNC(=NCc1oc2ccccc2c1C)NCCN1C(=O)CNC1=O.I. The second kappa shape index (κ2) is 9.58. The van der Waals surface area contributed by atoms with Gasteiger partial charge in [-0.1, -0.05) is 18.2 Å². The van der Waals surface area contributed by atoms with Crippen LogP contribution in [-0.2, 0) is 11.3 Å². The van der Waals surface area contributed by atoms with E-state index in [2.05, 4.69) is 20.9 Å². The Kier molecular flexibility index (Phi) is 7.45. The number of carbonyl (C=O) groups excluding carboxylic acids is 2. The maximum Gasteiger partial charge on any atom is 0.324 e. The number of nitrogens with zero attached hydrogens (tertiary/aromatic N) is 2. The Morgan fingerprint density at radius 3 is 2.74 bits per heavy atom. The predicted octanol–water partition coefficient (Wildman–Crippen LogP) is 1.97. The second-order valence-corrected chi connectivity index (χ2v) is 5.97. The largest absolute Gasteiger partial charge is 0.459 e. The Bertz CT molecular complexity index is 833. The fraction of sp³-hybridized carbons (Fsp3) is 0.389. The molecule has 2 heterocycles. The van der Waals surface area contributed by atoms with Crippen molar-refractivity contribution >= 4 is 52.8 Å². The zero-order chi connectivity index (χ0) is 18.5. The molecule has 0 radical (unpaired) electrons. The first kappa shape index (κ1) is 21.0. The molecule has 3 rings (SSSR count). The number of fused-ring (bicyclic) bond motifs is 1. The van der Waals surface area contributed by atoms with Crippen LogP contribution >= 0.6 is 24.0 Å². The van der Waals surface area contributed by atoms with Crippen molar-refractivity contribution in [3.63, 3.8) is 0 Å². The Balaban J connectivity index is 0.00000261. The topological polar surface area (TPSA) is 99.0 Å². The molecule has 0 unspecified atom stereocenters. The summed E-state index contributed by atoms with van der Waals surface area (Å²) in [6.45, 7) is 5.88. The number of nitrogens with one attached hydrogen (secondary N) is 3. The Labute approximate surface area is 174 Å². The lowest BCUT2D eigenvalue weighted by atomic mass is 10.1. The van der Waals surface area contributed by atoms with Crippen molar-refractivity contribution in [2.24, 2.45) is 4.99 Å². The van der Waals surface area contributed by atoms with E-state index in [-0.39, 0.29) is 42.5 Å². The van der Waals surface area contributed by atoms with Gasteiger partial charge in [-0.3, -0.25) is 9.69 Å². The minimum absolute atomic E-state index is 0. The van der Waals surface area contributed by atoms with Gasteiger partial charge in [-0.2, -0.15) is 0 Å². The first-order chi connectivity index (χ1) is 12.6. The number of amides is 3. The molecule has 1 aliphatic rings. The number of para-hydroxylation sites is 1. The molecule has 3 amide bonds. The van der Waals surface area contributed by atoms with Crippen LogP contribution in [0.2, 0.25) is 0 Å². The third-order valence-electron chi connectivity index (χ3n) is 4.23. The number of rotatable bonds is 6. The van der Waals surface area contributed by atoms with Crippen molar-refractivity contribution in [2.45, 2.75) is 20.4 Å². The van der Waals surface area contributed by atoms with Crippen molar-refractivity contribution in [1.82, 2.24) is 20.9 Å². The Morgan fingerprint density at radius 1 is 1.30 bits per heavy atom. The lowest BCUT2D eigenvalue weighted by molar-refractivity contribution is -0.124. The maximum absolute atomic E-state index is 11.6. The number of guanidine groups is 1. The van der Waals surface area contributed by atoms with Crippen molar-refractivity contribution in [1.29, 1.82) is 0 Å². The molecule has 2 aromatic rings. The molecule has 0 atom stereocenters. The molecule has 27 heavy (non-hydrogen) atoms. The monoisotopic (exact) mass is 485 g/mol. The fourth-order valence-corrected chi connectivity index (χ4v) is 2.84. The van der Waals surface area contributed by atoms with Crippen LogP contribution in [0.4, 0.5) is 4.79 Å². The summed E-state index contributed by atoms with van der Waals surface area (Å²) in [5.74, 6) is 1.22. The van der Waals surface area contributed by atoms with Crippen LogP contribution in [0.25, 0.3) is 11.0 Å². The highest BCUT2D eigenvalue weighted by Gasteiger charge is 2.27. The minimum Gasteiger partial charge on any atom is -0.459 e. The molecule has 0 spiro atoms. The molecule has 0 bridgehead atoms.